The van der Waals surface area contributed by atoms with Crippen molar-refractivity contribution in [3.63, 3.8) is 0 Å². The molecule has 1 fully saturated rings. The van der Waals surface area contributed by atoms with E-state index in [1.54, 1.807) is 0 Å². The molecular formula is C17H19F3N4S. The van der Waals surface area contributed by atoms with Crippen LogP contribution in [0.15, 0.2) is 18.3 Å². The Morgan fingerprint density at radius 2 is 1.88 bits per heavy atom. The number of halogens is 3. The number of pyridine rings is 1. The second kappa shape index (κ2) is 6.57. The van der Waals surface area contributed by atoms with Gasteiger partial charge in [0.15, 0.2) is 0 Å². The van der Waals surface area contributed by atoms with E-state index in [0.717, 1.165) is 51.4 Å². The van der Waals surface area contributed by atoms with Crippen LogP contribution in [0.25, 0.3) is 0 Å². The largest absolute Gasteiger partial charge is 0.417 e. The SMILES string of the molecule is FC(F)(F)c1ccc(N2CCN(Cc3nc4c(s3)CCC4)CC2)nc1. The van der Waals surface area contributed by atoms with Gasteiger partial charge in [-0.1, -0.05) is 0 Å². The minimum atomic E-state index is -4.34. The van der Waals surface area contributed by atoms with E-state index in [4.69, 9.17) is 4.98 Å². The van der Waals surface area contributed by atoms with E-state index < -0.39 is 11.7 Å². The van der Waals surface area contributed by atoms with Crippen molar-refractivity contribution in [2.75, 3.05) is 31.1 Å². The summed E-state index contributed by atoms with van der Waals surface area (Å²) in [4.78, 5) is 14.6. The molecular weight excluding hydrogens is 349 g/mol. The lowest BCUT2D eigenvalue weighted by Gasteiger charge is -2.35. The number of aromatic nitrogens is 2. The van der Waals surface area contributed by atoms with Crippen LogP contribution in [0.1, 0.15) is 27.6 Å². The number of hydrogen-bond acceptors (Lipinski definition) is 5. The van der Waals surface area contributed by atoms with Gasteiger partial charge in [-0.05, 0) is 31.4 Å². The number of nitrogens with zero attached hydrogens (tertiary/aromatic N) is 4. The Morgan fingerprint density at radius 1 is 1.08 bits per heavy atom. The van der Waals surface area contributed by atoms with E-state index in [-0.39, 0.29) is 0 Å². The number of anilines is 1. The Labute approximate surface area is 148 Å². The van der Waals surface area contributed by atoms with Gasteiger partial charge >= 0.3 is 6.18 Å². The first-order chi connectivity index (χ1) is 12.0. The number of aryl methyl sites for hydroxylation is 2. The highest BCUT2D eigenvalue weighted by atomic mass is 32.1. The van der Waals surface area contributed by atoms with Gasteiger partial charge in [-0.25, -0.2) is 9.97 Å². The molecule has 4 nitrogen and oxygen atoms in total. The Hall–Kier alpha value is -1.67. The van der Waals surface area contributed by atoms with Crippen LogP contribution in [0.5, 0.6) is 0 Å². The van der Waals surface area contributed by atoms with Gasteiger partial charge in [-0.3, -0.25) is 4.90 Å². The summed E-state index contributed by atoms with van der Waals surface area (Å²) in [6.07, 6.45) is 0.0872. The monoisotopic (exact) mass is 368 g/mol. The van der Waals surface area contributed by atoms with Crippen molar-refractivity contribution in [2.45, 2.75) is 32.0 Å². The van der Waals surface area contributed by atoms with Gasteiger partial charge in [-0.15, -0.1) is 11.3 Å². The average molecular weight is 368 g/mol. The summed E-state index contributed by atoms with van der Waals surface area (Å²) in [5.41, 5.74) is 0.583. The fraction of sp³-hybridized carbons (Fsp3) is 0.529. The fourth-order valence-electron chi connectivity index (χ4n) is 3.38. The van der Waals surface area contributed by atoms with Crippen molar-refractivity contribution in [1.29, 1.82) is 0 Å². The summed E-state index contributed by atoms with van der Waals surface area (Å²) in [6, 6.07) is 2.57. The van der Waals surface area contributed by atoms with Crippen LogP contribution in [0, 0.1) is 0 Å². The van der Waals surface area contributed by atoms with Gasteiger partial charge in [0.25, 0.3) is 0 Å². The maximum absolute atomic E-state index is 12.6. The van der Waals surface area contributed by atoms with Crippen LogP contribution in [0.2, 0.25) is 0 Å². The van der Waals surface area contributed by atoms with Crippen molar-refractivity contribution in [2.24, 2.45) is 0 Å². The molecule has 0 unspecified atom stereocenters. The zero-order valence-electron chi connectivity index (χ0n) is 13.7. The van der Waals surface area contributed by atoms with E-state index >= 15 is 0 Å². The van der Waals surface area contributed by atoms with Crippen LogP contribution in [0.4, 0.5) is 19.0 Å². The van der Waals surface area contributed by atoms with Gasteiger partial charge in [0.1, 0.15) is 10.8 Å². The maximum atomic E-state index is 12.6. The van der Waals surface area contributed by atoms with Gasteiger partial charge < -0.3 is 4.90 Å². The Morgan fingerprint density at radius 3 is 2.52 bits per heavy atom. The van der Waals surface area contributed by atoms with Crippen molar-refractivity contribution in [3.05, 3.63) is 39.5 Å². The van der Waals surface area contributed by atoms with Crippen molar-refractivity contribution >= 4 is 17.2 Å². The summed E-state index contributed by atoms with van der Waals surface area (Å²) in [5, 5.41) is 1.19. The molecule has 0 radical (unpaired) electrons. The molecule has 2 aliphatic rings. The molecule has 0 N–H and O–H groups in total. The molecule has 8 heteroatoms. The van der Waals surface area contributed by atoms with Gasteiger partial charge in [0, 0.05) is 37.3 Å². The highest BCUT2D eigenvalue weighted by Crippen LogP contribution is 2.30. The first kappa shape index (κ1) is 16.8. The summed E-state index contributed by atoms with van der Waals surface area (Å²) in [5.74, 6) is 0.612. The number of hydrogen-bond donors (Lipinski definition) is 0. The third-order valence-electron chi connectivity index (χ3n) is 4.77. The van der Waals surface area contributed by atoms with Crippen molar-refractivity contribution in [1.82, 2.24) is 14.9 Å². The fourth-order valence-corrected chi connectivity index (χ4v) is 4.58. The van der Waals surface area contributed by atoms with Crippen molar-refractivity contribution in [3.8, 4) is 0 Å². The van der Waals surface area contributed by atoms with Crippen LogP contribution >= 0.6 is 11.3 Å². The molecule has 0 saturated carbocycles. The topological polar surface area (TPSA) is 32.3 Å². The lowest BCUT2D eigenvalue weighted by molar-refractivity contribution is -0.137. The molecule has 2 aromatic rings. The van der Waals surface area contributed by atoms with Crippen LogP contribution in [0.3, 0.4) is 0 Å². The number of piperazine rings is 1. The number of fused-ring (bicyclic) bond motifs is 1. The highest BCUT2D eigenvalue weighted by molar-refractivity contribution is 7.11. The summed E-state index contributed by atoms with van der Waals surface area (Å²) in [7, 11) is 0. The summed E-state index contributed by atoms with van der Waals surface area (Å²) in [6.45, 7) is 4.14. The van der Waals surface area contributed by atoms with E-state index in [1.165, 1.54) is 34.5 Å². The molecule has 0 amide bonds. The molecule has 3 heterocycles. The summed E-state index contributed by atoms with van der Waals surface area (Å²) < 4.78 is 37.8. The maximum Gasteiger partial charge on any atom is 0.417 e. The lowest BCUT2D eigenvalue weighted by Crippen LogP contribution is -2.46. The molecule has 1 saturated heterocycles. The molecule has 1 aliphatic carbocycles. The first-order valence-corrected chi connectivity index (χ1v) is 9.29. The van der Waals surface area contributed by atoms with E-state index in [0.29, 0.717) is 5.82 Å². The molecule has 1 aliphatic heterocycles. The zero-order chi connectivity index (χ0) is 17.4. The Bertz CT molecular complexity index is 712. The van der Waals surface area contributed by atoms with E-state index in [1.807, 2.05) is 16.2 Å². The first-order valence-electron chi connectivity index (χ1n) is 8.47. The third-order valence-corrected chi connectivity index (χ3v) is 5.91. The number of thiazole rings is 1. The summed E-state index contributed by atoms with van der Waals surface area (Å²) >= 11 is 1.83. The predicted octanol–water partition coefficient (Wildman–Crippen LogP) is 3.37. The highest BCUT2D eigenvalue weighted by Gasteiger charge is 2.31. The van der Waals surface area contributed by atoms with Crippen LogP contribution in [-0.2, 0) is 25.6 Å². The van der Waals surface area contributed by atoms with Crippen LogP contribution in [-0.4, -0.2) is 41.0 Å². The molecule has 4 rings (SSSR count). The van der Waals surface area contributed by atoms with Gasteiger partial charge in [-0.2, -0.15) is 13.2 Å². The second-order valence-electron chi connectivity index (χ2n) is 6.50. The smallest absolute Gasteiger partial charge is 0.354 e. The quantitative estimate of drug-likeness (QED) is 0.832. The predicted molar refractivity (Wildman–Crippen MR) is 90.9 cm³/mol. The molecule has 0 spiro atoms. The molecule has 25 heavy (non-hydrogen) atoms. The van der Waals surface area contributed by atoms with E-state index in [2.05, 4.69) is 9.88 Å². The molecule has 0 bridgehead atoms. The normalized spacial score (nSPS) is 18.6. The Kier molecular flexibility index (Phi) is 4.41. The molecule has 2 aromatic heterocycles. The lowest BCUT2D eigenvalue weighted by atomic mass is 10.2. The second-order valence-corrected chi connectivity index (χ2v) is 7.67. The Balaban J connectivity index is 1.33. The number of rotatable bonds is 3. The van der Waals surface area contributed by atoms with Crippen LogP contribution < -0.4 is 4.90 Å². The molecule has 0 aromatic carbocycles. The average Bonchev–Trinajstić information content (AvgIpc) is 3.16. The van der Waals surface area contributed by atoms with Crippen molar-refractivity contribution < 1.29 is 13.2 Å². The van der Waals surface area contributed by atoms with Gasteiger partial charge in [0.05, 0.1) is 17.8 Å². The third kappa shape index (κ3) is 3.64. The van der Waals surface area contributed by atoms with E-state index in [9.17, 15) is 13.2 Å². The standard InChI is InChI=1S/C17H19F3N4S/c18-17(19,20)12-4-5-15(21-10-12)24-8-6-23(7-9-24)11-16-22-13-2-1-3-14(13)25-16/h4-5,10H,1-3,6-9,11H2. The minimum absolute atomic E-state index is 0.612. The van der Waals surface area contributed by atoms with Gasteiger partial charge in [0.2, 0.25) is 0 Å². The number of alkyl halides is 3. The minimum Gasteiger partial charge on any atom is -0.354 e. The molecule has 0 atom stereocenters. The zero-order valence-corrected chi connectivity index (χ0v) is 14.5. The molecule has 134 valence electrons.